The van der Waals surface area contributed by atoms with E-state index in [1.807, 2.05) is 0 Å². The number of unbranched alkanes of at least 4 members (excludes halogenated alkanes) is 9. The number of halogens is 1. The first-order chi connectivity index (χ1) is 18.0. The molecule has 0 aromatic heterocycles. The van der Waals surface area contributed by atoms with Gasteiger partial charge in [-0.15, -0.1) is 0 Å². The van der Waals surface area contributed by atoms with E-state index in [0.717, 1.165) is 77.0 Å². The van der Waals surface area contributed by atoms with Crippen LogP contribution in [0.3, 0.4) is 0 Å². The van der Waals surface area contributed by atoms with Crippen molar-refractivity contribution in [2.75, 3.05) is 13.2 Å². The summed E-state index contributed by atoms with van der Waals surface area (Å²) in [5.41, 5.74) is 0. The lowest BCUT2D eigenvalue weighted by molar-refractivity contribution is -0.151. The standard InChI is InChI=1S/C31H53FO5/c1-3-5-6-7-10-13-22-35-29-21-18-26(24-28(29)32)25-16-19-27(20-17-25)37-31(34)15-12-9-8-11-14-23-36-30(33)4-2/h4,25-29H,2-3,5-24H2,1H3. The molecule has 5 nitrogen and oxygen atoms in total. The predicted molar refractivity (Wildman–Crippen MR) is 146 cm³/mol. The fourth-order valence-corrected chi connectivity index (χ4v) is 5.91. The fraction of sp³-hybridized carbons (Fsp3) is 0.871. The number of esters is 2. The number of rotatable bonds is 19. The second-order valence-corrected chi connectivity index (χ2v) is 11.2. The van der Waals surface area contributed by atoms with Gasteiger partial charge in [-0.25, -0.2) is 9.18 Å². The third-order valence-electron chi connectivity index (χ3n) is 8.20. The van der Waals surface area contributed by atoms with E-state index < -0.39 is 6.17 Å². The minimum absolute atomic E-state index is 0.0291. The van der Waals surface area contributed by atoms with Crippen LogP contribution >= 0.6 is 0 Å². The van der Waals surface area contributed by atoms with E-state index in [1.54, 1.807) is 0 Å². The maximum Gasteiger partial charge on any atom is 0.330 e. The molecule has 0 aromatic rings. The first kappa shape index (κ1) is 31.8. The summed E-state index contributed by atoms with van der Waals surface area (Å²) >= 11 is 0. The van der Waals surface area contributed by atoms with E-state index in [-0.39, 0.29) is 24.1 Å². The second kappa shape index (κ2) is 19.6. The van der Waals surface area contributed by atoms with Crippen LogP contribution in [0.25, 0.3) is 0 Å². The number of hydrogen-bond acceptors (Lipinski definition) is 5. The van der Waals surface area contributed by atoms with Crippen molar-refractivity contribution in [1.29, 1.82) is 0 Å². The van der Waals surface area contributed by atoms with Gasteiger partial charge in [-0.2, -0.15) is 0 Å². The first-order valence-corrected chi connectivity index (χ1v) is 15.3. The van der Waals surface area contributed by atoms with Crippen LogP contribution < -0.4 is 0 Å². The Kier molecular flexibility index (Phi) is 16.8. The highest BCUT2D eigenvalue weighted by Gasteiger charge is 2.36. The maximum atomic E-state index is 14.8. The molecule has 0 heterocycles. The largest absolute Gasteiger partial charge is 0.463 e. The highest BCUT2D eigenvalue weighted by Crippen LogP contribution is 2.40. The molecule has 0 radical (unpaired) electrons. The van der Waals surface area contributed by atoms with Gasteiger partial charge in [0.15, 0.2) is 0 Å². The lowest BCUT2D eigenvalue weighted by Crippen LogP contribution is -2.37. The maximum absolute atomic E-state index is 14.8. The average Bonchev–Trinajstić information content (AvgIpc) is 2.90. The minimum Gasteiger partial charge on any atom is -0.463 e. The topological polar surface area (TPSA) is 61.8 Å². The fourth-order valence-electron chi connectivity index (χ4n) is 5.91. The normalized spacial score (nSPS) is 25.9. The Labute approximate surface area is 225 Å². The summed E-state index contributed by atoms with van der Waals surface area (Å²) in [6.45, 7) is 6.72. The van der Waals surface area contributed by atoms with Crippen molar-refractivity contribution in [2.45, 2.75) is 147 Å². The number of ether oxygens (including phenoxy) is 3. The van der Waals surface area contributed by atoms with Crippen LogP contribution in [0.1, 0.15) is 129 Å². The van der Waals surface area contributed by atoms with E-state index in [1.165, 1.54) is 38.2 Å². The number of carbonyl (C=O) groups is 2. The van der Waals surface area contributed by atoms with Gasteiger partial charge in [-0.05, 0) is 76.0 Å². The van der Waals surface area contributed by atoms with Crippen LogP contribution in [-0.2, 0) is 23.8 Å². The van der Waals surface area contributed by atoms with E-state index in [0.29, 0.717) is 37.9 Å². The number of alkyl halides is 1. The molecule has 3 unspecified atom stereocenters. The Morgan fingerprint density at radius 2 is 1.43 bits per heavy atom. The summed E-state index contributed by atoms with van der Waals surface area (Å²) in [5.74, 6) is 0.536. The Morgan fingerprint density at radius 1 is 0.811 bits per heavy atom. The zero-order valence-corrected chi connectivity index (χ0v) is 23.4. The predicted octanol–water partition coefficient (Wildman–Crippen LogP) is 8.04. The lowest BCUT2D eigenvalue weighted by atomic mass is 9.72. The molecule has 0 bridgehead atoms. The molecule has 2 rings (SSSR count). The third kappa shape index (κ3) is 13.8. The molecule has 3 atom stereocenters. The zero-order valence-electron chi connectivity index (χ0n) is 23.4. The Bertz CT molecular complexity index is 631. The van der Waals surface area contributed by atoms with Crippen molar-refractivity contribution in [1.82, 2.24) is 0 Å². The van der Waals surface area contributed by atoms with Gasteiger partial charge in [0.2, 0.25) is 0 Å². The molecule has 37 heavy (non-hydrogen) atoms. The van der Waals surface area contributed by atoms with E-state index in [4.69, 9.17) is 14.2 Å². The van der Waals surface area contributed by atoms with Gasteiger partial charge in [0.05, 0.1) is 12.7 Å². The number of hydrogen-bond donors (Lipinski definition) is 0. The highest BCUT2D eigenvalue weighted by molar-refractivity contribution is 5.81. The average molecular weight is 525 g/mol. The molecule has 2 fully saturated rings. The van der Waals surface area contributed by atoms with Crippen LogP contribution in [0, 0.1) is 11.8 Å². The highest BCUT2D eigenvalue weighted by atomic mass is 19.1. The molecule has 0 saturated heterocycles. The van der Waals surface area contributed by atoms with Crippen molar-refractivity contribution < 1.29 is 28.2 Å². The quantitative estimate of drug-likeness (QED) is 0.0972. The summed E-state index contributed by atoms with van der Waals surface area (Å²) < 4.78 is 31.4. The van der Waals surface area contributed by atoms with E-state index in [9.17, 15) is 14.0 Å². The van der Waals surface area contributed by atoms with E-state index >= 15 is 0 Å². The smallest absolute Gasteiger partial charge is 0.330 e. The van der Waals surface area contributed by atoms with Gasteiger partial charge < -0.3 is 14.2 Å². The van der Waals surface area contributed by atoms with Crippen LogP contribution in [-0.4, -0.2) is 43.5 Å². The zero-order chi connectivity index (χ0) is 26.7. The molecule has 6 heteroatoms. The van der Waals surface area contributed by atoms with Crippen LogP contribution in [0.4, 0.5) is 4.39 Å². The molecular formula is C31H53FO5. The van der Waals surface area contributed by atoms with Crippen molar-refractivity contribution in [2.24, 2.45) is 11.8 Å². The summed E-state index contributed by atoms with van der Waals surface area (Å²) in [7, 11) is 0. The molecule has 0 aliphatic heterocycles. The van der Waals surface area contributed by atoms with Crippen molar-refractivity contribution in [3.05, 3.63) is 12.7 Å². The summed E-state index contributed by atoms with van der Waals surface area (Å²) in [6.07, 6.45) is 19.1. The van der Waals surface area contributed by atoms with Crippen LogP contribution in [0.5, 0.6) is 0 Å². The summed E-state index contributed by atoms with van der Waals surface area (Å²) in [5, 5.41) is 0. The van der Waals surface area contributed by atoms with Gasteiger partial charge >= 0.3 is 11.9 Å². The van der Waals surface area contributed by atoms with Gasteiger partial charge in [-0.3, -0.25) is 4.79 Å². The molecule has 0 amide bonds. The Balaban J connectivity index is 1.48. The molecular weight excluding hydrogens is 471 g/mol. The molecule has 0 N–H and O–H groups in total. The Morgan fingerprint density at radius 3 is 2.11 bits per heavy atom. The van der Waals surface area contributed by atoms with Gasteiger partial charge in [0.1, 0.15) is 12.3 Å². The summed E-state index contributed by atoms with van der Waals surface area (Å²) in [6, 6.07) is 0. The Hall–Kier alpha value is -1.43. The van der Waals surface area contributed by atoms with Gasteiger partial charge in [0, 0.05) is 19.1 Å². The number of carbonyl (C=O) groups excluding carboxylic acids is 2. The summed E-state index contributed by atoms with van der Waals surface area (Å²) in [4.78, 5) is 23.2. The van der Waals surface area contributed by atoms with Gasteiger partial charge in [-0.1, -0.05) is 64.9 Å². The minimum atomic E-state index is -0.837. The SMILES string of the molecule is C=CC(=O)OCCCCCCCC(=O)OC1CCC(C2CCC(OCCCCCCCC)C(F)C2)CC1. The monoisotopic (exact) mass is 524 g/mol. The first-order valence-electron chi connectivity index (χ1n) is 15.3. The van der Waals surface area contributed by atoms with E-state index in [2.05, 4.69) is 13.5 Å². The van der Waals surface area contributed by atoms with Crippen LogP contribution in [0.2, 0.25) is 0 Å². The molecule has 2 aliphatic carbocycles. The van der Waals surface area contributed by atoms with Crippen LogP contribution in [0.15, 0.2) is 12.7 Å². The molecule has 0 aromatic carbocycles. The van der Waals surface area contributed by atoms with Crippen molar-refractivity contribution >= 4 is 11.9 Å². The third-order valence-corrected chi connectivity index (χ3v) is 8.20. The molecule has 2 aliphatic rings. The molecule has 214 valence electrons. The van der Waals surface area contributed by atoms with Crippen molar-refractivity contribution in [3.63, 3.8) is 0 Å². The second-order valence-electron chi connectivity index (χ2n) is 11.2. The molecule has 2 saturated carbocycles. The molecule has 0 spiro atoms. The lowest BCUT2D eigenvalue weighted by Gasteiger charge is -2.39. The van der Waals surface area contributed by atoms with Gasteiger partial charge in [0.25, 0.3) is 0 Å². The van der Waals surface area contributed by atoms with Crippen molar-refractivity contribution in [3.8, 4) is 0 Å².